The Labute approximate surface area is 110 Å². The van der Waals surface area contributed by atoms with Crippen molar-refractivity contribution < 1.29 is 4.79 Å². The molecular weight excluding hydrogens is 258 g/mol. The van der Waals surface area contributed by atoms with Crippen LogP contribution in [0, 0.1) is 0 Å². The molecule has 4 nitrogen and oxygen atoms in total. The Morgan fingerprint density at radius 3 is 2.76 bits per heavy atom. The molecule has 0 radical (unpaired) electrons. The summed E-state index contributed by atoms with van der Waals surface area (Å²) in [5, 5.41) is 3.59. The summed E-state index contributed by atoms with van der Waals surface area (Å²) in [5.74, 6) is 0.358. The molecule has 1 atom stereocenters. The molecule has 0 spiro atoms. The average molecular weight is 274 g/mol. The number of nitrogens with one attached hydrogen (secondary N) is 1. The van der Waals surface area contributed by atoms with Crippen molar-refractivity contribution in [1.82, 2.24) is 0 Å². The fraction of sp³-hybridized carbons (Fsp3) is 0.364. The van der Waals surface area contributed by atoms with Crippen LogP contribution in [0.5, 0.6) is 0 Å². The van der Waals surface area contributed by atoms with Crippen molar-refractivity contribution >= 4 is 40.6 Å². The molecule has 0 fully saturated rings. The largest absolute Gasteiger partial charge is 0.399 e. The van der Waals surface area contributed by atoms with Crippen LogP contribution < -0.4 is 16.8 Å². The van der Waals surface area contributed by atoms with Gasteiger partial charge in [0, 0.05) is 17.5 Å². The van der Waals surface area contributed by atoms with Gasteiger partial charge in [0.25, 0.3) is 5.91 Å². The lowest BCUT2D eigenvalue weighted by molar-refractivity contribution is 0.100. The zero-order valence-corrected chi connectivity index (χ0v) is 11.4. The molecule has 0 aliphatic carbocycles. The minimum atomic E-state index is -0.543. The zero-order chi connectivity index (χ0) is 13.0. The van der Waals surface area contributed by atoms with Gasteiger partial charge in [-0.3, -0.25) is 4.79 Å². The number of halogens is 1. The first-order valence-electron chi connectivity index (χ1n) is 5.10. The number of amides is 1. The zero-order valence-electron chi connectivity index (χ0n) is 9.79. The van der Waals surface area contributed by atoms with Gasteiger partial charge in [-0.2, -0.15) is 11.8 Å². The number of carbonyl (C=O) groups is 1. The number of benzene rings is 1. The summed E-state index contributed by atoms with van der Waals surface area (Å²) >= 11 is 7.77. The third kappa shape index (κ3) is 3.71. The fourth-order valence-electron chi connectivity index (χ4n) is 1.51. The second-order valence-electron chi connectivity index (χ2n) is 3.79. The van der Waals surface area contributed by atoms with Crippen LogP contribution in [0.3, 0.4) is 0 Å². The van der Waals surface area contributed by atoms with Gasteiger partial charge in [-0.05, 0) is 25.3 Å². The number of thioether (sulfide) groups is 1. The smallest absolute Gasteiger partial charge is 0.250 e. The molecule has 0 saturated carbocycles. The predicted octanol–water partition coefficient (Wildman–Crippen LogP) is 2.18. The van der Waals surface area contributed by atoms with Gasteiger partial charge in [0.1, 0.15) is 0 Å². The minimum absolute atomic E-state index is 0.184. The van der Waals surface area contributed by atoms with Crippen LogP contribution in [0.15, 0.2) is 12.1 Å². The number of rotatable bonds is 5. The van der Waals surface area contributed by atoms with Crippen LogP contribution in [0.25, 0.3) is 0 Å². The molecule has 5 N–H and O–H groups in total. The molecule has 1 rings (SSSR count). The summed E-state index contributed by atoms with van der Waals surface area (Å²) in [4.78, 5) is 11.3. The van der Waals surface area contributed by atoms with Crippen molar-refractivity contribution in [2.45, 2.75) is 13.0 Å². The van der Waals surface area contributed by atoms with E-state index in [9.17, 15) is 4.79 Å². The quantitative estimate of drug-likeness (QED) is 0.719. The van der Waals surface area contributed by atoms with E-state index in [0.717, 1.165) is 5.75 Å². The number of nitrogen functional groups attached to an aromatic ring is 1. The molecule has 0 heterocycles. The Morgan fingerprint density at radius 1 is 1.59 bits per heavy atom. The highest BCUT2D eigenvalue weighted by Gasteiger charge is 2.15. The summed E-state index contributed by atoms with van der Waals surface area (Å²) in [5.41, 5.74) is 12.2. The van der Waals surface area contributed by atoms with E-state index < -0.39 is 5.91 Å². The lowest BCUT2D eigenvalue weighted by Gasteiger charge is -2.18. The number of primary amides is 1. The highest BCUT2D eigenvalue weighted by Crippen LogP contribution is 2.29. The maximum atomic E-state index is 11.3. The normalized spacial score (nSPS) is 12.2. The van der Waals surface area contributed by atoms with Gasteiger partial charge in [0.2, 0.25) is 0 Å². The van der Waals surface area contributed by atoms with Crippen LogP contribution in [-0.4, -0.2) is 24.0 Å². The van der Waals surface area contributed by atoms with Crippen LogP contribution in [-0.2, 0) is 0 Å². The molecule has 1 aromatic rings. The van der Waals surface area contributed by atoms with Crippen molar-refractivity contribution in [1.29, 1.82) is 0 Å². The van der Waals surface area contributed by atoms with Crippen LogP contribution in [0.1, 0.15) is 17.3 Å². The van der Waals surface area contributed by atoms with E-state index in [0.29, 0.717) is 22.0 Å². The summed E-state index contributed by atoms with van der Waals surface area (Å²) in [6, 6.07) is 3.31. The summed E-state index contributed by atoms with van der Waals surface area (Å²) < 4.78 is 0. The SMILES string of the molecule is CSCC(C)Nc1c(Cl)cc(N)cc1C(N)=O. The first-order chi connectivity index (χ1) is 7.95. The van der Waals surface area contributed by atoms with Gasteiger partial charge in [-0.1, -0.05) is 11.6 Å². The minimum Gasteiger partial charge on any atom is -0.399 e. The molecule has 1 aromatic carbocycles. The lowest BCUT2D eigenvalue weighted by Crippen LogP contribution is -2.22. The van der Waals surface area contributed by atoms with Crippen molar-refractivity contribution in [3.05, 3.63) is 22.7 Å². The van der Waals surface area contributed by atoms with Crippen LogP contribution in [0.4, 0.5) is 11.4 Å². The highest BCUT2D eigenvalue weighted by atomic mass is 35.5. The molecule has 0 aliphatic heterocycles. The van der Waals surface area contributed by atoms with Gasteiger partial charge in [0.15, 0.2) is 0 Å². The number of hydrogen-bond acceptors (Lipinski definition) is 4. The van der Waals surface area contributed by atoms with E-state index >= 15 is 0 Å². The molecule has 1 amide bonds. The van der Waals surface area contributed by atoms with E-state index in [2.05, 4.69) is 5.32 Å². The first kappa shape index (κ1) is 14.0. The van der Waals surface area contributed by atoms with Crippen molar-refractivity contribution in [2.24, 2.45) is 5.73 Å². The standard InChI is InChI=1S/C11H16ClN3OS/c1-6(5-17-2)15-10-8(11(14)16)3-7(13)4-9(10)12/h3-4,6,15H,5,13H2,1-2H3,(H2,14,16). The van der Waals surface area contributed by atoms with Gasteiger partial charge in [-0.25, -0.2) is 0 Å². The Morgan fingerprint density at radius 2 is 2.24 bits per heavy atom. The van der Waals surface area contributed by atoms with E-state index in [1.807, 2.05) is 13.2 Å². The summed E-state index contributed by atoms with van der Waals surface area (Å²) in [7, 11) is 0. The molecule has 0 aliphatic rings. The number of hydrogen-bond donors (Lipinski definition) is 3. The number of nitrogens with two attached hydrogens (primary N) is 2. The molecule has 0 saturated heterocycles. The summed E-state index contributed by atoms with van der Waals surface area (Å²) in [6.45, 7) is 2.01. The van der Waals surface area contributed by atoms with E-state index in [-0.39, 0.29) is 6.04 Å². The maximum Gasteiger partial charge on any atom is 0.250 e. The third-order valence-electron chi connectivity index (χ3n) is 2.19. The Hall–Kier alpha value is -1.07. The fourth-order valence-corrected chi connectivity index (χ4v) is 2.37. The van der Waals surface area contributed by atoms with Crippen LogP contribution in [0.2, 0.25) is 5.02 Å². The number of carbonyl (C=O) groups excluding carboxylic acids is 1. The second-order valence-corrected chi connectivity index (χ2v) is 5.11. The molecule has 1 unspecified atom stereocenters. The Bertz CT molecular complexity index is 425. The number of anilines is 2. The van der Waals surface area contributed by atoms with Crippen molar-refractivity contribution in [2.75, 3.05) is 23.1 Å². The van der Waals surface area contributed by atoms with Crippen molar-refractivity contribution in [3.8, 4) is 0 Å². The molecular formula is C11H16ClN3OS. The Balaban J connectivity index is 3.08. The third-order valence-corrected chi connectivity index (χ3v) is 3.32. The van der Waals surface area contributed by atoms with Crippen LogP contribution >= 0.6 is 23.4 Å². The van der Waals surface area contributed by atoms with Crippen molar-refractivity contribution in [3.63, 3.8) is 0 Å². The van der Waals surface area contributed by atoms with E-state index in [4.69, 9.17) is 23.1 Å². The monoisotopic (exact) mass is 273 g/mol. The second kappa shape index (κ2) is 6.02. The predicted molar refractivity (Wildman–Crippen MR) is 75.8 cm³/mol. The molecule has 17 heavy (non-hydrogen) atoms. The molecule has 0 aromatic heterocycles. The van der Waals surface area contributed by atoms with Gasteiger partial charge >= 0.3 is 0 Å². The molecule has 6 heteroatoms. The average Bonchev–Trinajstić information content (AvgIpc) is 2.21. The maximum absolute atomic E-state index is 11.3. The van der Waals surface area contributed by atoms with Gasteiger partial charge < -0.3 is 16.8 Å². The Kier molecular flexibility index (Phi) is 4.96. The molecule has 0 bridgehead atoms. The molecule has 94 valence electrons. The lowest BCUT2D eigenvalue weighted by atomic mass is 10.1. The van der Waals surface area contributed by atoms with Gasteiger partial charge in [0.05, 0.1) is 16.3 Å². The topological polar surface area (TPSA) is 81.1 Å². The van der Waals surface area contributed by atoms with Gasteiger partial charge in [-0.15, -0.1) is 0 Å². The first-order valence-corrected chi connectivity index (χ1v) is 6.87. The van der Waals surface area contributed by atoms with E-state index in [1.54, 1.807) is 17.8 Å². The summed E-state index contributed by atoms with van der Waals surface area (Å²) in [6.07, 6.45) is 2.01. The van der Waals surface area contributed by atoms with E-state index in [1.165, 1.54) is 6.07 Å². The highest BCUT2D eigenvalue weighted by molar-refractivity contribution is 7.98.